The van der Waals surface area contributed by atoms with Gasteiger partial charge >= 0.3 is 0 Å². The van der Waals surface area contributed by atoms with Crippen molar-refractivity contribution >= 4 is 11.6 Å². The molecule has 0 rings (SSSR count). The standard InChI is InChI=1S/C11H23Cl/c1-6-9(2)10(3)7-8-11(4,5)12/h9-10H,6-8H2,1-5H3. The van der Waals surface area contributed by atoms with E-state index in [4.69, 9.17) is 11.6 Å². The van der Waals surface area contributed by atoms with Crippen LogP contribution in [0.5, 0.6) is 0 Å². The van der Waals surface area contributed by atoms with Crippen LogP contribution in [0.1, 0.15) is 53.9 Å². The van der Waals surface area contributed by atoms with Crippen molar-refractivity contribution in [1.82, 2.24) is 0 Å². The van der Waals surface area contributed by atoms with E-state index in [1.165, 1.54) is 12.8 Å². The topological polar surface area (TPSA) is 0 Å². The number of hydrogen-bond acceptors (Lipinski definition) is 0. The summed E-state index contributed by atoms with van der Waals surface area (Å²) in [5, 5.41) is 0. The van der Waals surface area contributed by atoms with Gasteiger partial charge in [0.2, 0.25) is 0 Å². The van der Waals surface area contributed by atoms with E-state index < -0.39 is 0 Å². The first-order chi connectivity index (χ1) is 5.37. The summed E-state index contributed by atoms with van der Waals surface area (Å²) in [7, 11) is 0. The van der Waals surface area contributed by atoms with Crippen LogP contribution in [0, 0.1) is 11.8 Å². The molecule has 0 aliphatic heterocycles. The number of hydrogen-bond donors (Lipinski definition) is 0. The van der Waals surface area contributed by atoms with Crippen molar-refractivity contribution in [3.63, 3.8) is 0 Å². The van der Waals surface area contributed by atoms with Crippen molar-refractivity contribution in [3.8, 4) is 0 Å². The molecule has 0 aromatic rings. The van der Waals surface area contributed by atoms with E-state index in [9.17, 15) is 0 Å². The molecule has 0 aromatic heterocycles. The molecule has 0 bridgehead atoms. The summed E-state index contributed by atoms with van der Waals surface area (Å²) in [6.07, 6.45) is 3.66. The molecular weight excluding hydrogens is 168 g/mol. The molecule has 0 saturated heterocycles. The third-order valence-electron chi connectivity index (χ3n) is 2.81. The molecule has 0 N–H and O–H groups in total. The SMILES string of the molecule is CCC(C)C(C)CCC(C)(C)Cl. The minimum atomic E-state index is -0.0122. The van der Waals surface area contributed by atoms with Crippen LogP contribution in [-0.4, -0.2) is 4.87 Å². The lowest BCUT2D eigenvalue weighted by molar-refractivity contribution is 0.335. The first-order valence-electron chi connectivity index (χ1n) is 5.05. The third-order valence-corrected chi connectivity index (χ3v) is 3.00. The maximum absolute atomic E-state index is 6.13. The lowest BCUT2D eigenvalue weighted by Crippen LogP contribution is -2.14. The molecule has 12 heavy (non-hydrogen) atoms. The van der Waals surface area contributed by atoms with Gasteiger partial charge in [-0.2, -0.15) is 0 Å². The van der Waals surface area contributed by atoms with Gasteiger partial charge < -0.3 is 0 Å². The smallest absolute Gasteiger partial charge is 0.0390 e. The van der Waals surface area contributed by atoms with E-state index in [0.717, 1.165) is 18.3 Å². The van der Waals surface area contributed by atoms with E-state index >= 15 is 0 Å². The predicted octanol–water partition coefficient (Wildman–Crippen LogP) is 4.47. The van der Waals surface area contributed by atoms with Crippen LogP contribution in [-0.2, 0) is 0 Å². The van der Waals surface area contributed by atoms with E-state index in [1.807, 2.05) is 0 Å². The molecule has 0 fully saturated rings. The van der Waals surface area contributed by atoms with Crippen LogP contribution in [0.3, 0.4) is 0 Å². The van der Waals surface area contributed by atoms with Crippen molar-refractivity contribution in [1.29, 1.82) is 0 Å². The first kappa shape index (κ1) is 12.3. The highest BCUT2D eigenvalue weighted by molar-refractivity contribution is 6.23. The van der Waals surface area contributed by atoms with E-state index in [0.29, 0.717) is 0 Å². The summed E-state index contributed by atoms with van der Waals surface area (Å²) >= 11 is 6.13. The lowest BCUT2D eigenvalue weighted by atomic mass is 9.87. The Hall–Kier alpha value is 0.290. The lowest BCUT2D eigenvalue weighted by Gasteiger charge is -2.22. The van der Waals surface area contributed by atoms with Gasteiger partial charge in [-0.05, 0) is 38.5 Å². The summed E-state index contributed by atoms with van der Waals surface area (Å²) in [5.41, 5.74) is 0. The van der Waals surface area contributed by atoms with Gasteiger partial charge in [-0.25, -0.2) is 0 Å². The summed E-state index contributed by atoms with van der Waals surface area (Å²) in [4.78, 5) is -0.0122. The van der Waals surface area contributed by atoms with Crippen molar-refractivity contribution in [2.45, 2.75) is 58.8 Å². The molecule has 0 heterocycles. The minimum Gasteiger partial charge on any atom is -0.120 e. The van der Waals surface area contributed by atoms with Gasteiger partial charge in [-0.15, -0.1) is 11.6 Å². The van der Waals surface area contributed by atoms with Crippen LogP contribution in [0.2, 0.25) is 0 Å². The zero-order valence-corrected chi connectivity index (χ0v) is 9.91. The second-order valence-electron chi connectivity index (χ2n) is 4.62. The second kappa shape index (κ2) is 5.11. The number of alkyl halides is 1. The highest BCUT2D eigenvalue weighted by Gasteiger charge is 2.17. The maximum atomic E-state index is 6.13. The van der Waals surface area contributed by atoms with Crippen molar-refractivity contribution in [2.75, 3.05) is 0 Å². The molecule has 0 radical (unpaired) electrons. The fourth-order valence-electron chi connectivity index (χ4n) is 1.26. The summed E-state index contributed by atoms with van der Waals surface area (Å²) in [6.45, 7) is 11.1. The Bertz CT molecular complexity index is 113. The Labute approximate surface area is 82.7 Å². The Balaban J connectivity index is 3.64. The van der Waals surface area contributed by atoms with Gasteiger partial charge in [0, 0.05) is 4.87 Å². The van der Waals surface area contributed by atoms with Gasteiger partial charge in [-0.1, -0.05) is 27.2 Å². The fourth-order valence-corrected chi connectivity index (χ4v) is 1.37. The largest absolute Gasteiger partial charge is 0.120 e. The van der Waals surface area contributed by atoms with Crippen LogP contribution < -0.4 is 0 Å². The Kier molecular flexibility index (Phi) is 5.24. The molecule has 2 unspecified atom stereocenters. The summed E-state index contributed by atoms with van der Waals surface area (Å²) < 4.78 is 0. The molecule has 1 heteroatoms. The van der Waals surface area contributed by atoms with E-state index in [2.05, 4.69) is 34.6 Å². The quantitative estimate of drug-likeness (QED) is 0.562. The Morgan fingerprint density at radius 3 is 2.00 bits per heavy atom. The first-order valence-corrected chi connectivity index (χ1v) is 5.43. The Morgan fingerprint density at radius 1 is 1.17 bits per heavy atom. The molecule has 74 valence electrons. The van der Waals surface area contributed by atoms with Gasteiger partial charge in [0.1, 0.15) is 0 Å². The highest BCUT2D eigenvalue weighted by Crippen LogP contribution is 2.26. The van der Waals surface area contributed by atoms with Crippen LogP contribution in [0.15, 0.2) is 0 Å². The fraction of sp³-hybridized carbons (Fsp3) is 1.00. The van der Waals surface area contributed by atoms with Crippen molar-refractivity contribution < 1.29 is 0 Å². The van der Waals surface area contributed by atoms with Gasteiger partial charge in [0.05, 0.1) is 0 Å². The van der Waals surface area contributed by atoms with Crippen molar-refractivity contribution in [3.05, 3.63) is 0 Å². The normalized spacial score (nSPS) is 17.5. The molecule has 0 saturated carbocycles. The summed E-state index contributed by atoms with van der Waals surface area (Å²) in [6, 6.07) is 0. The maximum Gasteiger partial charge on any atom is 0.0390 e. The molecule has 0 aliphatic carbocycles. The number of rotatable bonds is 5. The van der Waals surface area contributed by atoms with E-state index in [-0.39, 0.29) is 4.87 Å². The molecule has 0 amide bonds. The third kappa shape index (κ3) is 5.88. The molecule has 0 spiro atoms. The van der Waals surface area contributed by atoms with Gasteiger partial charge in [0.15, 0.2) is 0 Å². The van der Waals surface area contributed by atoms with Gasteiger partial charge in [0.25, 0.3) is 0 Å². The van der Waals surface area contributed by atoms with Crippen LogP contribution >= 0.6 is 11.6 Å². The average Bonchev–Trinajstić information content (AvgIpc) is 1.97. The zero-order valence-electron chi connectivity index (χ0n) is 9.15. The molecule has 0 aliphatic rings. The minimum absolute atomic E-state index is 0.0122. The van der Waals surface area contributed by atoms with Crippen molar-refractivity contribution in [2.24, 2.45) is 11.8 Å². The molecule has 0 aromatic carbocycles. The highest BCUT2D eigenvalue weighted by atomic mass is 35.5. The predicted molar refractivity (Wildman–Crippen MR) is 57.8 cm³/mol. The molecular formula is C11H23Cl. The monoisotopic (exact) mass is 190 g/mol. The zero-order chi connectivity index (χ0) is 9.78. The van der Waals surface area contributed by atoms with Gasteiger partial charge in [-0.3, -0.25) is 0 Å². The van der Waals surface area contributed by atoms with Crippen LogP contribution in [0.25, 0.3) is 0 Å². The van der Waals surface area contributed by atoms with E-state index in [1.54, 1.807) is 0 Å². The second-order valence-corrected chi connectivity index (χ2v) is 5.64. The molecule has 2 atom stereocenters. The number of halogens is 1. The van der Waals surface area contributed by atoms with Crippen LogP contribution in [0.4, 0.5) is 0 Å². The summed E-state index contributed by atoms with van der Waals surface area (Å²) in [5.74, 6) is 1.65. The molecule has 0 nitrogen and oxygen atoms in total. The average molecular weight is 191 g/mol. The Morgan fingerprint density at radius 2 is 1.67 bits per heavy atom.